The summed E-state index contributed by atoms with van der Waals surface area (Å²) < 4.78 is 11.9. The maximum Gasteiger partial charge on any atom is 0.165 e. The van der Waals surface area contributed by atoms with Crippen LogP contribution in [0.25, 0.3) is 0 Å². The highest BCUT2D eigenvalue weighted by atomic mass is 16.5. The first-order chi connectivity index (χ1) is 11.1. The predicted molar refractivity (Wildman–Crippen MR) is 82.7 cm³/mol. The molecular formula is C19H20NO3-. The fourth-order valence-corrected chi connectivity index (χ4v) is 6.87. The molecule has 5 aliphatic rings. The van der Waals surface area contributed by atoms with Crippen molar-refractivity contribution in [2.75, 3.05) is 20.7 Å². The number of fused-ring (bicyclic) bond motifs is 1. The van der Waals surface area contributed by atoms with Gasteiger partial charge in [-0.1, -0.05) is 24.3 Å². The first kappa shape index (κ1) is 12.8. The Bertz CT molecular complexity index is 774. The molecule has 2 aliphatic heterocycles. The fraction of sp³-hybridized carbons (Fsp3) is 0.579. The van der Waals surface area contributed by atoms with Crippen molar-refractivity contribution in [1.29, 1.82) is 0 Å². The Morgan fingerprint density at radius 1 is 1.35 bits per heavy atom. The Morgan fingerprint density at radius 3 is 3.00 bits per heavy atom. The van der Waals surface area contributed by atoms with Gasteiger partial charge >= 0.3 is 0 Å². The van der Waals surface area contributed by atoms with Crippen molar-refractivity contribution < 1.29 is 14.6 Å². The lowest BCUT2D eigenvalue weighted by molar-refractivity contribution is -0.423. The molecule has 120 valence electrons. The van der Waals surface area contributed by atoms with E-state index in [0.717, 1.165) is 30.9 Å². The van der Waals surface area contributed by atoms with Crippen LogP contribution in [0.2, 0.25) is 0 Å². The molecule has 1 saturated heterocycles. The quantitative estimate of drug-likeness (QED) is 0.722. The summed E-state index contributed by atoms with van der Waals surface area (Å²) in [7, 11) is 3.91. The Kier molecular flexibility index (Phi) is 2.01. The summed E-state index contributed by atoms with van der Waals surface area (Å²) in [5.41, 5.74) is 2.88. The number of nitrogens with zero attached hydrogens (tertiary/aromatic N) is 1. The number of benzene rings is 1. The van der Waals surface area contributed by atoms with Gasteiger partial charge in [-0.2, -0.15) is 0 Å². The second-order valence-electron chi connectivity index (χ2n) is 8.16. The van der Waals surface area contributed by atoms with Crippen molar-refractivity contribution in [2.24, 2.45) is 11.3 Å². The zero-order valence-electron chi connectivity index (χ0n) is 13.4. The van der Waals surface area contributed by atoms with E-state index in [2.05, 4.69) is 24.1 Å². The summed E-state index contributed by atoms with van der Waals surface area (Å²) in [6.07, 6.45) is 5.20. The van der Waals surface area contributed by atoms with Crippen LogP contribution in [0.4, 0.5) is 0 Å². The smallest absolute Gasteiger partial charge is 0.165 e. The Balaban J connectivity index is 1.69. The highest BCUT2D eigenvalue weighted by Gasteiger charge is 2.74. The SMILES string of the molecule is COc1ccc2c3c1OC1C([O-])C=CC4C5N(C)CC5(C2)C[C@@]341. The number of ether oxygens (including phenoxy) is 2. The van der Waals surface area contributed by atoms with Gasteiger partial charge in [-0.3, -0.25) is 0 Å². The highest BCUT2D eigenvalue weighted by Crippen LogP contribution is 2.72. The second-order valence-corrected chi connectivity index (χ2v) is 8.16. The molecule has 1 aromatic rings. The summed E-state index contributed by atoms with van der Waals surface area (Å²) in [5.74, 6) is 2.02. The minimum atomic E-state index is -0.783. The molecule has 4 heteroatoms. The largest absolute Gasteiger partial charge is 0.846 e. The number of hydrogen-bond acceptors (Lipinski definition) is 4. The van der Waals surface area contributed by atoms with Crippen molar-refractivity contribution in [2.45, 2.75) is 36.5 Å². The fourth-order valence-electron chi connectivity index (χ4n) is 6.87. The van der Waals surface area contributed by atoms with E-state index in [-0.39, 0.29) is 11.5 Å². The van der Waals surface area contributed by atoms with Crippen molar-refractivity contribution in [3.8, 4) is 11.5 Å². The van der Waals surface area contributed by atoms with Crippen LogP contribution in [0.5, 0.6) is 11.5 Å². The average Bonchev–Trinajstić information content (AvgIpc) is 2.96. The third-order valence-electron chi connectivity index (χ3n) is 7.24. The lowest BCUT2D eigenvalue weighted by Crippen LogP contribution is -2.63. The normalized spacial score (nSPS) is 47.6. The molecule has 6 atom stereocenters. The molecule has 0 radical (unpaired) electrons. The topological polar surface area (TPSA) is 44.8 Å². The molecule has 2 spiro atoms. The summed E-state index contributed by atoms with van der Waals surface area (Å²) in [5, 5.41) is 12.7. The van der Waals surface area contributed by atoms with Gasteiger partial charge in [0.15, 0.2) is 11.5 Å². The van der Waals surface area contributed by atoms with E-state index in [4.69, 9.17) is 9.47 Å². The number of rotatable bonds is 1. The third-order valence-corrected chi connectivity index (χ3v) is 7.24. The summed E-state index contributed by atoms with van der Waals surface area (Å²) in [6.45, 7) is 1.14. The summed E-state index contributed by atoms with van der Waals surface area (Å²) >= 11 is 0. The molecule has 5 unspecified atom stereocenters. The van der Waals surface area contributed by atoms with Gasteiger partial charge in [-0.25, -0.2) is 0 Å². The third kappa shape index (κ3) is 1.14. The molecule has 2 heterocycles. The van der Waals surface area contributed by atoms with Crippen LogP contribution in [-0.2, 0) is 11.8 Å². The van der Waals surface area contributed by atoms with E-state index < -0.39 is 6.10 Å². The van der Waals surface area contributed by atoms with Gasteiger partial charge < -0.3 is 19.5 Å². The molecule has 23 heavy (non-hydrogen) atoms. The average molecular weight is 310 g/mol. The highest BCUT2D eigenvalue weighted by molar-refractivity contribution is 5.63. The van der Waals surface area contributed by atoms with Crippen LogP contribution in [-0.4, -0.2) is 43.9 Å². The lowest BCUT2D eigenvalue weighted by Gasteiger charge is -2.54. The van der Waals surface area contributed by atoms with Crippen LogP contribution in [0.15, 0.2) is 24.3 Å². The van der Waals surface area contributed by atoms with Crippen LogP contribution in [0.3, 0.4) is 0 Å². The molecule has 0 N–H and O–H groups in total. The van der Waals surface area contributed by atoms with E-state index in [1.165, 1.54) is 11.1 Å². The van der Waals surface area contributed by atoms with Gasteiger partial charge in [-0.15, -0.1) is 0 Å². The number of likely N-dealkylation sites (tertiary alicyclic amines) is 1. The molecule has 1 saturated carbocycles. The lowest BCUT2D eigenvalue weighted by atomic mass is 9.60. The number of methoxy groups -OCH3 is 1. The van der Waals surface area contributed by atoms with Crippen molar-refractivity contribution in [3.05, 3.63) is 35.4 Å². The summed E-state index contributed by atoms with van der Waals surface area (Å²) in [6, 6.07) is 4.77. The number of hydrogen-bond donors (Lipinski definition) is 0. The molecular weight excluding hydrogens is 290 g/mol. The standard InChI is InChI=1S/C19H20NO3/c1-20-9-18-7-10-3-6-13(22-2)15-14(10)19(8-18)11(16(18)20)4-5-12(21)17(19)23-15/h3-6,11-12,16-17H,7-9H2,1-2H3/q-1/t11?,12?,16?,17?,18?,19-/m0/s1. The molecule has 3 aliphatic carbocycles. The molecule has 6 rings (SSSR count). The van der Waals surface area contributed by atoms with E-state index in [1.807, 2.05) is 12.1 Å². The predicted octanol–water partition coefficient (Wildman–Crippen LogP) is 0.869. The Labute approximate surface area is 135 Å². The first-order valence-corrected chi connectivity index (χ1v) is 8.52. The summed E-state index contributed by atoms with van der Waals surface area (Å²) in [4.78, 5) is 2.48. The first-order valence-electron chi connectivity index (χ1n) is 8.52. The van der Waals surface area contributed by atoms with Crippen LogP contribution in [0, 0.1) is 11.3 Å². The Morgan fingerprint density at radius 2 is 2.22 bits per heavy atom. The zero-order valence-corrected chi connectivity index (χ0v) is 13.4. The van der Waals surface area contributed by atoms with Gasteiger partial charge in [0.2, 0.25) is 0 Å². The monoisotopic (exact) mass is 310 g/mol. The minimum Gasteiger partial charge on any atom is -0.846 e. The Hall–Kier alpha value is -1.52. The minimum absolute atomic E-state index is 0.131. The van der Waals surface area contributed by atoms with Crippen LogP contribution < -0.4 is 14.6 Å². The van der Waals surface area contributed by atoms with Gasteiger partial charge in [0, 0.05) is 34.9 Å². The van der Waals surface area contributed by atoms with Crippen molar-refractivity contribution >= 4 is 0 Å². The van der Waals surface area contributed by atoms with E-state index in [9.17, 15) is 5.11 Å². The van der Waals surface area contributed by atoms with Crippen LogP contribution >= 0.6 is 0 Å². The molecule has 4 nitrogen and oxygen atoms in total. The van der Waals surface area contributed by atoms with E-state index in [0.29, 0.717) is 17.4 Å². The van der Waals surface area contributed by atoms with E-state index in [1.54, 1.807) is 7.11 Å². The second kappa shape index (κ2) is 3.60. The van der Waals surface area contributed by atoms with Gasteiger partial charge in [0.25, 0.3) is 0 Å². The van der Waals surface area contributed by atoms with E-state index >= 15 is 0 Å². The molecule has 0 amide bonds. The van der Waals surface area contributed by atoms with Gasteiger partial charge in [0.05, 0.1) is 7.11 Å². The molecule has 0 aromatic heterocycles. The molecule has 1 aromatic carbocycles. The van der Waals surface area contributed by atoms with Gasteiger partial charge in [-0.05, 0) is 31.5 Å². The van der Waals surface area contributed by atoms with Crippen molar-refractivity contribution in [3.63, 3.8) is 0 Å². The van der Waals surface area contributed by atoms with Crippen molar-refractivity contribution in [1.82, 2.24) is 4.90 Å². The maximum absolute atomic E-state index is 12.7. The molecule has 2 fully saturated rings. The molecule has 2 bridgehead atoms. The maximum atomic E-state index is 12.7. The zero-order chi connectivity index (χ0) is 15.6. The van der Waals surface area contributed by atoms with Gasteiger partial charge in [0.1, 0.15) is 6.10 Å². The van der Waals surface area contributed by atoms with Crippen LogP contribution in [0.1, 0.15) is 17.5 Å².